The van der Waals surface area contributed by atoms with Crippen molar-refractivity contribution in [3.63, 3.8) is 0 Å². The number of aliphatic hydroxyl groups excluding tert-OH is 1. The second-order valence-electron chi connectivity index (χ2n) is 5.62. The van der Waals surface area contributed by atoms with Crippen LogP contribution in [0, 0.1) is 5.92 Å². The fraction of sp³-hybridized carbons (Fsp3) is 0.714. The van der Waals surface area contributed by atoms with Crippen molar-refractivity contribution in [2.45, 2.75) is 43.3 Å². The Bertz CT molecular complexity index is 425. The number of nitrogens with zero attached hydrogens (tertiary/aromatic N) is 2. The van der Waals surface area contributed by atoms with E-state index in [1.807, 2.05) is 19.4 Å². The molecule has 0 radical (unpaired) electrons. The maximum atomic E-state index is 9.82. The van der Waals surface area contributed by atoms with E-state index in [1.165, 1.54) is 11.8 Å². The lowest BCUT2D eigenvalue weighted by atomic mass is 9.77. The van der Waals surface area contributed by atoms with Crippen LogP contribution in [0.4, 0.5) is 11.6 Å². The third kappa shape index (κ3) is 3.55. The highest BCUT2D eigenvalue weighted by molar-refractivity contribution is 7.98. The third-order valence-corrected chi connectivity index (χ3v) is 4.62. The predicted octanol–water partition coefficient (Wildman–Crippen LogP) is 2.59. The molecule has 0 saturated heterocycles. The van der Waals surface area contributed by atoms with E-state index in [-0.39, 0.29) is 12.1 Å². The number of hydrogen-bond donors (Lipinski definition) is 3. The van der Waals surface area contributed by atoms with Crippen LogP contribution in [0.5, 0.6) is 0 Å². The van der Waals surface area contributed by atoms with Gasteiger partial charge >= 0.3 is 0 Å². The summed E-state index contributed by atoms with van der Waals surface area (Å²) in [6, 6.07) is 1.90. The molecule has 1 fully saturated rings. The lowest BCUT2D eigenvalue weighted by Gasteiger charge is -2.39. The highest BCUT2D eigenvalue weighted by atomic mass is 32.2. The molecule has 0 spiro atoms. The summed E-state index contributed by atoms with van der Waals surface area (Å²) in [4.78, 5) is 8.86. The van der Waals surface area contributed by atoms with Crippen LogP contribution in [0.1, 0.15) is 32.6 Å². The summed E-state index contributed by atoms with van der Waals surface area (Å²) in [7, 11) is 1.85. The van der Waals surface area contributed by atoms with Crippen LogP contribution < -0.4 is 10.6 Å². The van der Waals surface area contributed by atoms with E-state index in [2.05, 4.69) is 27.5 Å². The predicted molar refractivity (Wildman–Crippen MR) is 84.4 cm³/mol. The second kappa shape index (κ2) is 6.63. The van der Waals surface area contributed by atoms with Gasteiger partial charge in [0.05, 0.1) is 12.1 Å². The zero-order chi connectivity index (χ0) is 14.6. The average Bonchev–Trinajstić information content (AvgIpc) is 2.49. The SMILES string of the molecule is CNc1cc(NC2(CO)CCC(C)CC2)nc(SC)n1. The van der Waals surface area contributed by atoms with Gasteiger partial charge in [-0.25, -0.2) is 9.97 Å². The highest BCUT2D eigenvalue weighted by Crippen LogP contribution is 2.34. The van der Waals surface area contributed by atoms with Crippen molar-refractivity contribution in [1.29, 1.82) is 0 Å². The summed E-state index contributed by atoms with van der Waals surface area (Å²) < 4.78 is 0. The van der Waals surface area contributed by atoms with Crippen molar-refractivity contribution in [3.8, 4) is 0 Å². The Labute approximate surface area is 125 Å². The maximum Gasteiger partial charge on any atom is 0.191 e. The Morgan fingerprint density at radius 2 is 2.00 bits per heavy atom. The van der Waals surface area contributed by atoms with Crippen molar-refractivity contribution in [1.82, 2.24) is 9.97 Å². The van der Waals surface area contributed by atoms with E-state index in [0.29, 0.717) is 0 Å². The van der Waals surface area contributed by atoms with Gasteiger partial charge in [0.2, 0.25) is 0 Å². The van der Waals surface area contributed by atoms with Gasteiger partial charge in [-0.1, -0.05) is 18.7 Å². The molecule has 1 aliphatic rings. The van der Waals surface area contributed by atoms with E-state index >= 15 is 0 Å². The molecule has 1 aromatic rings. The molecule has 1 heterocycles. The van der Waals surface area contributed by atoms with E-state index in [9.17, 15) is 5.11 Å². The Morgan fingerprint density at radius 3 is 2.55 bits per heavy atom. The van der Waals surface area contributed by atoms with E-state index in [1.54, 1.807) is 0 Å². The molecule has 0 unspecified atom stereocenters. The standard InChI is InChI=1S/C14H24N4OS/c1-10-4-6-14(9-19,7-5-10)18-12-8-11(15-2)16-13(17-12)20-3/h8,10,19H,4-7,9H2,1-3H3,(H2,15,16,17,18). The summed E-state index contributed by atoms with van der Waals surface area (Å²) in [5.74, 6) is 2.33. The van der Waals surface area contributed by atoms with Crippen LogP contribution in [0.2, 0.25) is 0 Å². The zero-order valence-corrected chi connectivity index (χ0v) is 13.3. The lowest BCUT2D eigenvalue weighted by Crippen LogP contribution is -2.45. The summed E-state index contributed by atoms with van der Waals surface area (Å²) in [6.45, 7) is 2.42. The minimum Gasteiger partial charge on any atom is -0.394 e. The Hall–Kier alpha value is -1.01. The molecule has 112 valence electrons. The van der Waals surface area contributed by atoms with Crippen LogP contribution in [0.15, 0.2) is 11.2 Å². The summed E-state index contributed by atoms with van der Waals surface area (Å²) in [5.41, 5.74) is -0.235. The monoisotopic (exact) mass is 296 g/mol. The molecule has 6 heteroatoms. The van der Waals surface area contributed by atoms with Gasteiger partial charge in [-0.15, -0.1) is 0 Å². The molecule has 1 aromatic heterocycles. The van der Waals surface area contributed by atoms with Gasteiger partial charge in [0, 0.05) is 13.1 Å². The van der Waals surface area contributed by atoms with Gasteiger partial charge in [0.1, 0.15) is 11.6 Å². The fourth-order valence-corrected chi connectivity index (χ4v) is 3.00. The summed E-state index contributed by atoms with van der Waals surface area (Å²) in [6.07, 6.45) is 6.22. The highest BCUT2D eigenvalue weighted by Gasteiger charge is 2.34. The normalized spacial score (nSPS) is 26.3. The molecule has 3 N–H and O–H groups in total. The van der Waals surface area contributed by atoms with Crippen molar-refractivity contribution in [2.24, 2.45) is 5.92 Å². The van der Waals surface area contributed by atoms with Crippen molar-refractivity contribution >= 4 is 23.4 Å². The minimum absolute atomic E-state index is 0.146. The van der Waals surface area contributed by atoms with Crippen LogP contribution in [-0.2, 0) is 0 Å². The van der Waals surface area contributed by atoms with Crippen molar-refractivity contribution in [3.05, 3.63) is 6.07 Å². The summed E-state index contributed by atoms with van der Waals surface area (Å²) >= 11 is 1.52. The first kappa shape index (κ1) is 15.4. The molecule has 0 atom stereocenters. The third-order valence-electron chi connectivity index (χ3n) is 4.07. The molecule has 0 aromatic carbocycles. The molecule has 0 bridgehead atoms. The summed E-state index contributed by atoms with van der Waals surface area (Å²) in [5, 5.41) is 17.1. The Kier molecular flexibility index (Phi) is 5.10. The second-order valence-corrected chi connectivity index (χ2v) is 6.39. The van der Waals surface area contributed by atoms with Crippen molar-refractivity contribution < 1.29 is 5.11 Å². The van der Waals surface area contributed by atoms with Gasteiger partial charge in [-0.3, -0.25) is 0 Å². The first-order valence-electron chi connectivity index (χ1n) is 7.10. The number of thioether (sulfide) groups is 1. The molecule has 5 nitrogen and oxygen atoms in total. The van der Waals surface area contributed by atoms with Gasteiger partial charge < -0.3 is 15.7 Å². The maximum absolute atomic E-state index is 9.82. The molecule has 20 heavy (non-hydrogen) atoms. The van der Waals surface area contributed by atoms with Gasteiger partial charge in [0.15, 0.2) is 5.16 Å². The van der Waals surface area contributed by atoms with Gasteiger partial charge in [-0.05, 0) is 37.9 Å². The number of rotatable bonds is 5. The molecule has 2 rings (SSSR count). The quantitative estimate of drug-likeness (QED) is 0.573. The first-order valence-corrected chi connectivity index (χ1v) is 8.33. The van der Waals surface area contributed by atoms with E-state index in [0.717, 1.165) is 48.4 Å². The first-order chi connectivity index (χ1) is 9.60. The van der Waals surface area contributed by atoms with Crippen LogP contribution in [-0.4, -0.2) is 40.5 Å². The van der Waals surface area contributed by atoms with Crippen LogP contribution in [0.3, 0.4) is 0 Å². The number of aliphatic hydroxyl groups is 1. The Morgan fingerprint density at radius 1 is 1.35 bits per heavy atom. The fourth-order valence-electron chi connectivity index (χ4n) is 2.62. The molecular formula is C14H24N4OS. The van der Waals surface area contributed by atoms with E-state index < -0.39 is 0 Å². The van der Waals surface area contributed by atoms with Crippen LogP contribution >= 0.6 is 11.8 Å². The number of aromatic nitrogens is 2. The molecule has 0 aliphatic heterocycles. The average molecular weight is 296 g/mol. The molecular weight excluding hydrogens is 272 g/mol. The van der Waals surface area contributed by atoms with Gasteiger partial charge in [-0.2, -0.15) is 0 Å². The smallest absolute Gasteiger partial charge is 0.191 e. The molecule has 1 aliphatic carbocycles. The van der Waals surface area contributed by atoms with Crippen molar-refractivity contribution in [2.75, 3.05) is 30.5 Å². The Balaban J connectivity index is 2.18. The number of nitrogens with one attached hydrogen (secondary N) is 2. The number of anilines is 2. The molecule has 0 amide bonds. The molecule has 1 saturated carbocycles. The lowest BCUT2D eigenvalue weighted by molar-refractivity contribution is 0.155. The largest absolute Gasteiger partial charge is 0.394 e. The van der Waals surface area contributed by atoms with Gasteiger partial charge in [0.25, 0.3) is 0 Å². The minimum atomic E-state index is -0.235. The van der Waals surface area contributed by atoms with E-state index in [4.69, 9.17) is 0 Å². The zero-order valence-electron chi connectivity index (χ0n) is 12.4. The number of hydrogen-bond acceptors (Lipinski definition) is 6. The topological polar surface area (TPSA) is 70.1 Å². The van der Waals surface area contributed by atoms with Crippen LogP contribution in [0.25, 0.3) is 0 Å².